The fraction of sp³-hybridized carbons (Fsp3) is 0.542. The van der Waals surface area contributed by atoms with Gasteiger partial charge in [-0.2, -0.15) is 0 Å². The molecule has 8 heteroatoms. The minimum Gasteiger partial charge on any atom is -0.497 e. The van der Waals surface area contributed by atoms with E-state index in [0.29, 0.717) is 30.2 Å². The molecule has 1 aliphatic heterocycles. The van der Waals surface area contributed by atoms with E-state index in [0.717, 1.165) is 43.0 Å². The summed E-state index contributed by atoms with van der Waals surface area (Å²) in [5, 5.41) is 6.77. The van der Waals surface area contributed by atoms with Crippen molar-refractivity contribution in [2.24, 2.45) is 0 Å². The van der Waals surface area contributed by atoms with Crippen LogP contribution in [0.4, 0.5) is 5.69 Å². The number of carbonyl (C=O) groups excluding carboxylic acids is 3. The molecular formula is C24H32N4O4. The first-order valence-corrected chi connectivity index (χ1v) is 11.4. The second-order valence-corrected chi connectivity index (χ2v) is 9.06. The second-order valence-electron chi connectivity index (χ2n) is 9.06. The monoisotopic (exact) mass is 440 g/mol. The first kappa shape index (κ1) is 22.2. The maximum absolute atomic E-state index is 13.8. The summed E-state index contributed by atoms with van der Waals surface area (Å²) in [6.45, 7) is 6.03. The predicted molar refractivity (Wildman–Crippen MR) is 123 cm³/mol. The molecule has 4 rings (SSSR count). The third kappa shape index (κ3) is 3.61. The molecule has 32 heavy (non-hydrogen) atoms. The Morgan fingerprint density at radius 3 is 2.59 bits per heavy atom. The molecule has 1 fully saturated rings. The average Bonchev–Trinajstić information content (AvgIpc) is 3.37. The van der Waals surface area contributed by atoms with Gasteiger partial charge in [-0.15, -0.1) is 0 Å². The van der Waals surface area contributed by atoms with Crippen molar-refractivity contribution < 1.29 is 19.1 Å². The minimum absolute atomic E-state index is 0.117. The molecule has 1 aliphatic carbocycles. The number of anilines is 1. The van der Waals surface area contributed by atoms with Gasteiger partial charge in [0.2, 0.25) is 11.8 Å². The Hall–Kier alpha value is -3.03. The van der Waals surface area contributed by atoms with Crippen LogP contribution >= 0.6 is 0 Å². The van der Waals surface area contributed by atoms with Crippen LogP contribution in [0.15, 0.2) is 18.2 Å². The van der Waals surface area contributed by atoms with Gasteiger partial charge in [-0.1, -0.05) is 19.8 Å². The molecule has 1 aromatic carbocycles. The maximum atomic E-state index is 13.8. The van der Waals surface area contributed by atoms with Gasteiger partial charge in [0.15, 0.2) is 0 Å². The Morgan fingerprint density at radius 1 is 1.25 bits per heavy atom. The zero-order valence-electron chi connectivity index (χ0n) is 19.3. The van der Waals surface area contributed by atoms with E-state index in [1.165, 1.54) is 6.92 Å². The molecule has 172 valence electrons. The van der Waals surface area contributed by atoms with E-state index < -0.39 is 5.54 Å². The molecule has 2 aromatic rings. The van der Waals surface area contributed by atoms with Crippen LogP contribution in [0.3, 0.4) is 0 Å². The molecule has 0 radical (unpaired) electrons. The summed E-state index contributed by atoms with van der Waals surface area (Å²) in [5.41, 5.74) is 0.634. The number of aromatic nitrogens is 1. The molecule has 2 N–H and O–H groups in total. The highest BCUT2D eigenvalue weighted by Crippen LogP contribution is 2.40. The number of ether oxygens (including phenoxy) is 1. The van der Waals surface area contributed by atoms with E-state index in [2.05, 4.69) is 10.6 Å². The van der Waals surface area contributed by atoms with E-state index >= 15 is 0 Å². The van der Waals surface area contributed by atoms with Gasteiger partial charge in [-0.3, -0.25) is 14.4 Å². The summed E-state index contributed by atoms with van der Waals surface area (Å²) in [6, 6.07) is 5.69. The van der Waals surface area contributed by atoms with Crippen molar-refractivity contribution in [1.29, 1.82) is 0 Å². The van der Waals surface area contributed by atoms with E-state index in [1.54, 1.807) is 12.0 Å². The fourth-order valence-corrected chi connectivity index (χ4v) is 5.07. The van der Waals surface area contributed by atoms with Crippen molar-refractivity contribution in [3.63, 3.8) is 0 Å². The first-order valence-electron chi connectivity index (χ1n) is 11.4. The summed E-state index contributed by atoms with van der Waals surface area (Å²) >= 11 is 0. The number of nitrogens with one attached hydrogen (secondary N) is 2. The van der Waals surface area contributed by atoms with Gasteiger partial charge in [0.25, 0.3) is 5.91 Å². The molecule has 8 nitrogen and oxygen atoms in total. The molecular weight excluding hydrogens is 408 g/mol. The Labute approximate surface area is 188 Å². The Kier molecular flexibility index (Phi) is 5.88. The minimum atomic E-state index is -1.03. The standard InChI is InChI=1S/C24H32N4O4/c1-5-12-28-22(30)21-20(25-15(2)29)18-13-17(32-4)10-11-19(18)27(21)14-24(28,3)23(31)26-16-8-6-7-9-16/h10-11,13,16H,5-9,12,14H2,1-4H3,(H,25,29)(H,26,31). The van der Waals surface area contributed by atoms with Crippen molar-refractivity contribution in [3.8, 4) is 5.75 Å². The number of benzene rings is 1. The maximum Gasteiger partial charge on any atom is 0.273 e. The predicted octanol–water partition coefficient (Wildman–Crippen LogP) is 3.29. The van der Waals surface area contributed by atoms with Crippen molar-refractivity contribution in [3.05, 3.63) is 23.9 Å². The average molecular weight is 441 g/mol. The number of amides is 3. The lowest BCUT2D eigenvalue weighted by molar-refractivity contribution is -0.133. The van der Waals surface area contributed by atoms with E-state index in [1.807, 2.05) is 36.6 Å². The van der Waals surface area contributed by atoms with Crippen LogP contribution in [0, 0.1) is 0 Å². The van der Waals surface area contributed by atoms with Crippen LogP contribution in [-0.4, -0.2) is 52.4 Å². The van der Waals surface area contributed by atoms with Crippen LogP contribution in [0.1, 0.15) is 63.4 Å². The van der Waals surface area contributed by atoms with Crippen LogP contribution < -0.4 is 15.4 Å². The number of hydrogen-bond acceptors (Lipinski definition) is 4. The number of methoxy groups -OCH3 is 1. The Morgan fingerprint density at radius 2 is 1.97 bits per heavy atom. The third-order valence-corrected chi connectivity index (χ3v) is 6.71. The number of hydrogen-bond donors (Lipinski definition) is 2. The van der Waals surface area contributed by atoms with Crippen molar-refractivity contribution in [1.82, 2.24) is 14.8 Å². The van der Waals surface area contributed by atoms with Gasteiger partial charge in [-0.05, 0) is 44.4 Å². The lowest BCUT2D eigenvalue weighted by atomic mass is 9.93. The lowest BCUT2D eigenvalue weighted by Gasteiger charge is -2.44. The van der Waals surface area contributed by atoms with Gasteiger partial charge < -0.3 is 24.8 Å². The molecule has 3 amide bonds. The van der Waals surface area contributed by atoms with E-state index in [-0.39, 0.29) is 23.8 Å². The molecule has 0 saturated heterocycles. The van der Waals surface area contributed by atoms with Crippen LogP contribution in [-0.2, 0) is 16.1 Å². The molecule has 1 aromatic heterocycles. The van der Waals surface area contributed by atoms with E-state index in [9.17, 15) is 14.4 Å². The Bertz CT molecular complexity index is 1070. The van der Waals surface area contributed by atoms with E-state index in [4.69, 9.17) is 4.74 Å². The summed E-state index contributed by atoms with van der Waals surface area (Å²) in [6.07, 6.45) is 4.92. The zero-order chi connectivity index (χ0) is 23.0. The third-order valence-electron chi connectivity index (χ3n) is 6.71. The number of carbonyl (C=O) groups is 3. The first-order chi connectivity index (χ1) is 15.3. The van der Waals surface area contributed by atoms with Crippen LogP contribution in [0.25, 0.3) is 10.9 Å². The van der Waals surface area contributed by atoms with Gasteiger partial charge in [0, 0.05) is 24.9 Å². The number of rotatable bonds is 6. The number of fused-ring (bicyclic) bond motifs is 3. The molecule has 0 bridgehead atoms. The quantitative estimate of drug-likeness (QED) is 0.721. The number of nitrogens with zero attached hydrogens (tertiary/aromatic N) is 2. The molecule has 1 saturated carbocycles. The molecule has 1 atom stereocenters. The Balaban J connectivity index is 1.85. The topological polar surface area (TPSA) is 92.7 Å². The summed E-state index contributed by atoms with van der Waals surface area (Å²) in [7, 11) is 1.58. The lowest BCUT2D eigenvalue weighted by Crippen LogP contribution is -2.64. The smallest absolute Gasteiger partial charge is 0.273 e. The van der Waals surface area contributed by atoms with Crippen molar-refractivity contribution >= 4 is 34.3 Å². The highest BCUT2D eigenvalue weighted by atomic mass is 16.5. The highest BCUT2D eigenvalue weighted by Gasteiger charge is 2.49. The highest BCUT2D eigenvalue weighted by molar-refractivity contribution is 6.14. The van der Waals surface area contributed by atoms with Gasteiger partial charge in [0.1, 0.15) is 17.0 Å². The molecule has 2 aliphatic rings. The largest absolute Gasteiger partial charge is 0.497 e. The van der Waals surface area contributed by atoms with Crippen LogP contribution in [0.2, 0.25) is 0 Å². The van der Waals surface area contributed by atoms with Gasteiger partial charge >= 0.3 is 0 Å². The SMILES string of the molecule is CCCN1C(=O)c2c(NC(C)=O)c3cc(OC)ccc3n2CC1(C)C(=O)NC1CCCC1. The summed E-state index contributed by atoms with van der Waals surface area (Å²) < 4.78 is 7.25. The summed E-state index contributed by atoms with van der Waals surface area (Å²) in [5.74, 6) is 0.00583. The molecule has 2 heterocycles. The normalized spacial score (nSPS) is 21.0. The van der Waals surface area contributed by atoms with Crippen LogP contribution in [0.5, 0.6) is 5.75 Å². The van der Waals surface area contributed by atoms with Gasteiger partial charge in [-0.25, -0.2) is 0 Å². The van der Waals surface area contributed by atoms with Crippen molar-refractivity contribution in [2.45, 2.75) is 71.0 Å². The summed E-state index contributed by atoms with van der Waals surface area (Å²) in [4.78, 5) is 41.0. The molecule has 0 spiro atoms. The fourth-order valence-electron chi connectivity index (χ4n) is 5.07. The zero-order valence-corrected chi connectivity index (χ0v) is 19.3. The second kappa shape index (κ2) is 8.48. The van der Waals surface area contributed by atoms with Crippen molar-refractivity contribution in [2.75, 3.05) is 19.0 Å². The molecule has 1 unspecified atom stereocenters. The van der Waals surface area contributed by atoms with Gasteiger partial charge in [0.05, 0.1) is 24.9 Å².